The van der Waals surface area contributed by atoms with Crippen molar-refractivity contribution in [2.75, 3.05) is 11.9 Å². The van der Waals surface area contributed by atoms with Crippen molar-refractivity contribution in [3.63, 3.8) is 0 Å². The molecule has 6 heteroatoms. The van der Waals surface area contributed by atoms with Gasteiger partial charge in [-0.05, 0) is 49.1 Å². The van der Waals surface area contributed by atoms with Gasteiger partial charge in [-0.15, -0.1) is 0 Å². The third kappa shape index (κ3) is 4.18. The average Bonchev–Trinajstić information content (AvgIpc) is 3.08. The van der Waals surface area contributed by atoms with E-state index in [0.717, 1.165) is 12.3 Å². The molecule has 3 nitrogen and oxygen atoms in total. The van der Waals surface area contributed by atoms with Gasteiger partial charge < -0.3 is 10.1 Å². The van der Waals surface area contributed by atoms with Crippen LogP contribution in [-0.2, 0) is 4.79 Å². The van der Waals surface area contributed by atoms with E-state index in [4.69, 9.17) is 4.74 Å². The van der Waals surface area contributed by atoms with Crippen LogP contribution in [0.25, 0.3) is 0 Å². The van der Waals surface area contributed by atoms with Crippen molar-refractivity contribution in [3.05, 3.63) is 24.3 Å². The lowest BCUT2D eigenvalue weighted by Gasteiger charge is -2.21. The van der Waals surface area contributed by atoms with Crippen LogP contribution in [-0.4, -0.2) is 18.7 Å². The molecule has 0 aliphatic heterocycles. The number of anilines is 1. The number of halogens is 3. The number of ether oxygens (including phenoxy) is 1. The molecule has 2 fully saturated rings. The second-order valence-electron chi connectivity index (χ2n) is 6.59. The van der Waals surface area contributed by atoms with E-state index < -0.39 is 12.8 Å². The Balaban J connectivity index is 1.57. The minimum atomic E-state index is -4.40. The number of rotatable bonds is 5. The Morgan fingerprint density at radius 3 is 2.65 bits per heavy atom. The maximum Gasteiger partial charge on any atom is 0.422 e. The van der Waals surface area contributed by atoms with Crippen LogP contribution in [0.5, 0.6) is 5.75 Å². The molecule has 1 aromatic rings. The monoisotopic (exact) mass is 327 g/mol. The Bertz CT molecular complexity index is 573. The number of para-hydroxylation sites is 2. The van der Waals surface area contributed by atoms with Crippen molar-refractivity contribution in [1.82, 2.24) is 0 Å². The van der Waals surface area contributed by atoms with Gasteiger partial charge in [-0.2, -0.15) is 13.2 Å². The summed E-state index contributed by atoms with van der Waals surface area (Å²) in [5.41, 5.74) is 0.296. The quantitative estimate of drug-likeness (QED) is 0.871. The zero-order valence-electron chi connectivity index (χ0n) is 12.7. The Morgan fingerprint density at radius 2 is 2.00 bits per heavy atom. The molecular weight excluding hydrogens is 307 g/mol. The molecule has 2 bridgehead atoms. The molecule has 3 unspecified atom stereocenters. The minimum absolute atomic E-state index is 0.0473. The number of amides is 1. The predicted octanol–water partition coefficient (Wildman–Crippen LogP) is 4.39. The summed E-state index contributed by atoms with van der Waals surface area (Å²) < 4.78 is 41.6. The van der Waals surface area contributed by atoms with Gasteiger partial charge in [0.2, 0.25) is 5.91 Å². The molecular formula is C17H20F3NO2. The molecule has 126 valence electrons. The number of fused-ring (bicyclic) bond motifs is 2. The number of carbonyl (C=O) groups is 1. The summed E-state index contributed by atoms with van der Waals surface area (Å²) in [4.78, 5) is 12.2. The zero-order chi connectivity index (χ0) is 16.4. The molecule has 3 atom stereocenters. The van der Waals surface area contributed by atoms with Gasteiger partial charge in [-0.1, -0.05) is 18.6 Å². The number of carbonyl (C=O) groups excluding carboxylic acids is 1. The minimum Gasteiger partial charge on any atom is -0.482 e. The van der Waals surface area contributed by atoms with Gasteiger partial charge >= 0.3 is 6.18 Å². The van der Waals surface area contributed by atoms with Crippen LogP contribution in [0.4, 0.5) is 18.9 Å². The van der Waals surface area contributed by atoms with E-state index in [1.165, 1.54) is 25.3 Å². The highest BCUT2D eigenvalue weighted by molar-refractivity contribution is 5.92. The van der Waals surface area contributed by atoms with Crippen molar-refractivity contribution in [2.45, 2.75) is 38.3 Å². The molecule has 1 aromatic carbocycles. The third-order valence-electron chi connectivity index (χ3n) is 4.88. The highest BCUT2D eigenvalue weighted by atomic mass is 19.4. The molecule has 1 N–H and O–H groups in total. The van der Waals surface area contributed by atoms with Crippen LogP contribution in [0, 0.1) is 17.8 Å². The van der Waals surface area contributed by atoms with Crippen LogP contribution in [0.2, 0.25) is 0 Å². The summed E-state index contributed by atoms with van der Waals surface area (Å²) in [7, 11) is 0. The molecule has 23 heavy (non-hydrogen) atoms. The molecule has 0 spiro atoms. The first-order chi connectivity index (χ1) is 10.9. The third-order valence-corrected chi connectivity index (χ3v) is 4.88. The molecule has 0 aromatic heterocycles. The first-order valence-electron chi connectivity index (χ1n) is 7.99. The average molecular weight is 327 g/mol. The van der Waals surface area contributed by atoms with Crippen molar-refractivity contribution in [1.29, 1.82) is 0 Å². The van der Waals surface area contributed by atoms with Gasteiger partial charge in [-0.25, -0.2) is 0 Å². The van der Waals surface area contributed by atoms with E-state index in [0.29, 0.717) is 23.9 Å². The Hall–Kier alpha value is -1.72. The maximum absolute atomic E-state index is 12.3. The second-order valence-corrected chi connectivity index (χ2v) is 6.59. The standard InChI is InChI=1S/C17H20F3NO2/c18-17(19,20)10-23-15-4-2-1-3-14(15)21-16(22)9-13-8-11-5-6-12(13)7-11/h1-4,11-13H,5-10H2,(H,21,22). The van der Waals surface area contributed by atoms with Crippen molar-refractivity contribution in [2.24, 2.45) is 17.8 Å². The second kappa shape index (κ2) is 6.42. The number of nitrogens with one attached hydrogen (secondary N) is 1. The fraction of sp³-hybridized carbons (Fsp3) is 0.588. The van der Waals surface area contributed by atoms with E-state index in [1.54, 1.807) is 18.2 Å². The Labute approximate surface area is 133 Å². The van der Waals surface area contributed by atoms with Gasteiger partial charge in [0, 0.05) is 6.42 Å². The fourth-order valence-electron chi connectivity index (χ4n) is 3.92. The Morgan fingerprint density at radius 1 is 1.22 bits per heavy atom. The zero-order valence-corrected chi connectivity index (χ0v) is 12.7. The molecule has 0 radical (unpaired) electrons. The van der Waals surface area contributed by atoms with Crippen LogP contribution >= 0.6 is 0 Å². The lowest BCUT2D eigenvalue weighted by molar-refractivity contribution is -0.153. The first-order valence-corrected chi connectivity index (χ1v) is 7.99. The van der Waals surface area contributed by atoms with Crippen LogP contribution in [0.1, 0.15) is 32.1 Å². The normalized spacial score (nSPS) is 26.3. The molecule has 2 aliphatic carbocycles. The molecule has 3 rings (SSSR count). The molecule has 0 saturated heterocycles. The summed E-state index contributed by atoms with van der Waals surface area (Å²) in [6, 6.07) is 6.23. The summed E-state index contributed by atoms with van der Waals surface area (Å²) in [6.45, 7) is -1.37. The lowest BCUT2D eigenvalue weighted by atomic mass is 9.86. The van der Waals surface area contributed by atoms with Gasteiger partial charge in [0.25, 0.3) is 0 Å². The number of benzene rings is 1. The predicted molar refractivity (Wildman–Crippen MR) is 80.2 cm³/mol. The number of hydrogen-bond donors (Lipinski definition) is 1. The van der Waals surface area contributed by atoms with Crippen LogP contribution in [0.3, 0.4) is 0 Å². The molecule has 2 saturated carbocycles. The van der Waals surface area contributed by atoms with Gasteiger partial charge in [0.15, 0.2) is 6.61 Å². The smallest absolute Gasteiger partial charge is 0.422 e. The fourth-order valence-corrected chi connectivity index (χ4v) is 3.92. The van der Waals surface area contributed by atoms with Gasteiger partial charge in [-0.3, -0.25) is 4.79 Å². The highest BCUT2D eigenvalue weighted by Gasteiger charge is 2.40. The van der Waals surface area contributed by atoms with E-state index >= 15 is 0 Å². The van der Waals surface area contributed by atoms with E-state index in [2.05, 4.69) is 5.32 Å². The summed E-state index contributed by atoms with van der Waals surface area (Å²) >= 11 is 0. The largest absolute Gasteiger partial charge is 0.482 e. The summed E-state index contributed by atoms with van der Waals surface area (Å²) in [5, 5.41) is 2.70. The van der Waals surface area contributed by atoms with Gasteiger partial charge in [0.05, 0.1) is 5.69 Å². The molecule has 2 aliphatic rings. The molecule has 0 heterocycles. The highest BCUT2D eigenvalue weighted by Crippen LogP contribution is 2.49. The topological polar surface area (TPSA) is 38.3 Å². The van der Waals surface area contributed by atoms with Crippen molar-refractivity contribution >= 4 is 11.6 Å². The van der Waals surface area contributed by atoms with Crippen molar-refractivity contribution in [3.8, 4) is 5.75 Å². The molecule has 1 amide bonds. The number of alkyl halides is 3. The maximum atomic E-state index is 12.3. The van der Waals surface area contributed by atoms with Crippen LogP contribution in [0.15, 0.2) is 24.3 Å². The Kier molecular flexibility index (Phi) is 4.50. The van der Waals surface area contributed by atoms with Gasteiger partial charge in [0.1, 0.15) is 5.75 Å². The van der Waals surface area contributed by atoms with E-state index in [1.807, 2.05) is 0 Å². The van der Waals surface area contributed by atoms with E-state index in [-0.39, 0.29) is 11.7 Å². The van der Waals surface area contributed by atoms with E-state index in [9.17, 15) is 18.0 Å². The number of hydrogen-bond acceptors (Lipinski definition) is 2. The SMILES string of the molecule is O=C(CC1CC2CCC1C2)Nc1ccccc1OCC(F)(F)F. The summed E-state index contributed by atoms with van der Waals surface area (Å²) in [5.74, 6) is 1.72. The summed E-state index contributed by atoms with van der Waals surface area (Å²) in [6.07, 6.45) is 0.841. The first kappa shape index (κ1) is 16.1. The lowest BCUT2D eigenvalue weighted by Crippen LogP contribution is -2.22. The van der Waals surface area contributed by atoms with Crippen LogP contribution < -0.4 is 10.1 Å². The van der Waals surface area contributed by atoms with Crippen molar-refractivity contribution < 1.29 is 22.7 Å².